The Kier molecular flexibility index (Phi) is 5.07. The van der Waals surface area contributed by atoms with Crippen LogP contribution in [0.1, 0.15) is 65.7 Å². The van der Waals surface area contributed by atoms with Gasteiger partial charge in [-0.3, -0.25) is 14.5 Å². The maximum absolute atomic E-state index is 12.4. The lowest BCUT2D eigenvalue weighted by Crippen LogP contribution is -2.52. The zero-order valence-electron chi connectivity index (χ0n) is 13.7. The van der Waals surface area contributed by atoms with Crippen LogP contribution in [0.3, 0.4) is 0 Å². The van der Waals surface area contributed by atoms with Gasteiger partial charge in [0.05, 0.1) is 0 Å². The number of hydrogen-bond donors (Lipinski definition) is 1. The van der Waals surface area contributed by atoms with Gasteiger partial charge in [0.1, 0.15) is 0 Å². The first-order valence-electron chi connectivity index (χ1n) is 8.39. The van der Waals surface area contributed by atoms with Gasteiger partial charge in [-0.1, -0.05) is 20.8 Å². The average molecular weight is 294 g/mol. The molecule has 2 N–H and O–H groups in total. The van der Waals surface area contributed by atoms with Gasteiger partial charge in [-0.15, -0.1) is 0 Å². The minimum atomic E-state index is 0.0195. The molecule has 1 saturated carbocycles. The van der Waals surface area contributed by atoms with Crippen LogP contribution in [-0.2, 0) is 9.59 Å². The van der Waals surface area contributed by atoms with E-state index in [1.807, 2.05) is 0 Å². The third-order valence-corrected chi connectivity index (χ3v) is 5.38. The van der Waals surface area contributed by atoms with E-state index in [0.29, 0.717) is 25.3 Å². The molecule has 0 radical (unpaired) electrons. The van der Waals surface area contributed by atoms with Crippen molar-refractivity contribution in [3.63, 3.8) is 0 Å². The fourth-order valence-corrected chi connectivity index (χ4v) is 3.89. The molecular weight excluding hydrogens is 264 g/mol. The summed E-state index contributed by atoms with van der Waals surface area (Å²) >= 11 is 0. The van der Waals surface area contributed by atoms with Crippen molar-refractivity contribution in [1.29, 1.82) is 0 Å². The summed E-state index contributed by atoms with van der Waals surface area (Å²) in [5, 5.41) is 0. The number of carbonyl (C=O) groups is 2. The smallest absolute Gasteiger partial charge is 0.229 e. The Morgan fingerprint density at radius 2 is 1.67 bits per heavy atom. The summed E-state index contributed by atoms with van der Waals surface area (Å²) in [6, 6.07) is 0.0195. The Bertz CT molecular complexity index is 382. The molecule has 120 valence electrons. The maximum Gasteiger partial charge on any atom is 0.229 e. The molecule has 2 amide bonds. The Morgan fingerprint density at radius 1 is 1.10 bits per heavy atom. The summed E-state index contributed by atoms with van der Waals surface area (Å²) in [5.74, 6) is 0.870. The molecule has 1 saturated heterocycles. The molecule has 2 fully saturated rings. The number of likely N-dealkylation sites (tertiary alicyclic amines) is 1. The maximum atomic E-state index is 12.4. The van der Waals surface area contributed by atoms with Crippen LogP contribution in [0.2, 0.25) is 0 Å². The van der Waals surface area contributed by atoms with Gasteiger partial charge in [-0.2, -0.15) is 0 Å². The minimum absolute atomic E-state index is 0.0195. The Balaban J connectivity index is 2.23. The molecule has 0 aromatic rings. The van der Waals surface area contributed by atoms with E-state index in [-0.39, 0.29) is 29.2 Å². The standard InChI is InChI=1S/C17H30N2O2/c1-17(2,3)13-9-8-12(11-18)14(10-13)19-15(20)6-4-5-7-16(19)21/h12-14H,4-11,18H2,1-3H3. The van der Waals surface area contributed by atoms with E-state index in [1.54, 1.807) is 4.90 Å². The second kappa shape index (κ2) is 6.47. The highest BCUT2D eigenvalue weighted by Gasteiger charge is 2.41. The zero-order valence-corrected chi connectivity index (χ0v) is 13.7. The van der Waals surface area contributed by atoms with E-state index in [4.69, 9.17) is 5.73 Å². The summed E-state index contributed by atoms with van der Waals surface area (Å²) in [5.41, 5.74) is 6.15. The number of nitrogens with zero attached hydrogens (tertiary/aromatic N) is 1. The van der Waals surface area contributed by atoms with Gasteiger partial charge in [-0.25, -0.2) is 0 Å². The van der Waals surface area contributed by atoms with Crippen LogP contribution in [0.25, 0.3) is 0 Å². The number of hydrogen-bond acceptors (Lipinski definition) is 3. The van der Waals surface area contributed by atoms with Crippen LogP contribution in [-0.4, -0.2) is 29.3 Å². The summed E-state index contributed by atoms with van der Waals surface area (Å²) in [6.07, 6.45) is 5.80. The average Bonchev–Trinajstić information content (AvgIpc) is 2.58. The summed E-state index contributed by atoms with van der Waals surface area (Å²) in [7, 11) is 0. The first kappa shape index (κ1) is 16.5. The lowest BCUT2D eigenvalue weighted by molar-refractivity contribution is -0.149. The largest absolute Gasteiger partial charge is 0.330 e. The van der Waals surface area contributed by atoms with Crippen LogP contribution >= 0.6 is 0 Å². The van der Waals surface area contributed by atoms with Crippen molar-refractivity contribution in [2.45, 2.75) is 71.8 Å². The van der Waals surface area contributed by atoms with Crippen LogP contribution in [0, 0.1) is 17.3 Å². The van der Waals surface area contributed by atoms with E-state index in [1.165, 1.54) is 0 Å². The van der Waals surface area contributed by atoms with Gasteiger partial charge in [0.25, 0.3) is 0 Å². The van der Waals surface area contributed by atoms with Crippen molar-refractivity contribution >= 4 is 11.8 Å². The van der Waals surface area contributed by atoms with Crippen molar-refractivity contribution in [2.75, 3.05) is 6.54 Å². The van der Waals surface area contributed by atoms with Gasteiger partial charge < -0.3 is 5.73 Å². The summed E-state index contributed by atoms with van der Waals surface area (Å²) in [6.45, 7) is 7.33. The van der Waals surface area contributed by atoms with E-state index in [9.17, 15) is 9.59 Å². The number of imide groups is 1. The monoisotopic (exact) mass is 294 g/mol. The minimum Gasteiger partial charge on any atom is -0.330 e. The summed E-state index contributed by atoms with van der Waals surface area (Å²) < 4.78 is 0. The van der Waals surface area contributed by atoms with Crippen molar-refractivity contribution in [3.8, 4) is 0 Å². The van der Waals surface area contributed by atoms with Gasteiger partial charge in [0.2, 0.25) is 11.8 Å². The van der Waals surface area contributed by atoms with Crippen molar-refractivity contribution in [2.24, 2.45) is 23.0 Å². The van der Waals surface area contributed by atoms with E-state index in [0.717, 1.165) is 32.1 Å². The van der Waals surface area contributed by atoms with Crippen LogP contribution in [0.4, 0.5) is 0 Å². The molecule has 2 aliphatic rings. The fraction of sp³-hybridized carbons (Fsp3) is 0.882. The van der Waals surface area contributed by atoms with Crippen molar-refractivity contribution in [1.82, 2.24) is 4.90 Å². The third-order valence-electron chi connectivity index (χ3n) is 5.38. The second-order valence-electron chi connectivity index (χ2n) is 7.80. The molecule has 3 atom stereocenters. The second-order valence-corrected chi connectivity index (χ2v) is 7.80. The molecule has 0 aromatic carbocycles. The molecule has 0 aromatic heterocycles. The predicted molar refractivity (Wildman–Crippen MR) is 83.4 cm³/mol. The molecule has 2 rings (SSSR count). The Labute approximate surface area is 128 Å². The molecular formula is C17H30N2O2. The number of rotatable bonds is 2. The highest BCUT2D eigenvalue weighted by molar-refractivity contribution is 5.96. The lowest BCUT2D eigenvalue weighted by atomic mass is 9.67. The molecule has 21 heavy (non-hydrogen) atoms. The first-order chi connectivity index (χ1) is 9.84. The number of carbonyl (C=O) groups excluding carboxylic acids is 2. The lowest BCUT2D eigenvalue weighted by Gasteiger charge is -2.45. The molecule has 3 unspecified atom stereocenters. The zero-order chi connectivity index (χ0) is 15.6. The molecule has 0 spiro atoms. The van der Waals surface area contributed by atoms with Crippen molar-refractivity contribution in [3.05, 3.63) is 0 Å². The van der Waals surface area contributed by atoms with Crippen LogP contribution in [0.15, 0.2) is 0 Å². The normalized spacial score (nSPS) is 32.2. The van der Waals surface area contributed by atoms with Gasteiger partial charge in [0.15, 0.2) is 0 Å². The Morgan fingerprint density at radius 3 is 2.14 bits per heavy atom. The highest BCUT2D eigenvalue weighted by Crippen LogP contribution is 2.42. The number of amides is 2. The molecule has 1 aliphatic carbocycles. The fourth-order valence-electron chi connectivity index (χ4n) is 3.89. The van der Waals surface area contributed by atoms with Gasteiger partial charge >= 0.3 is 0 Å². The Hall–Kier alpha value is -0.900. The molecule has 4 heteroatoms. The molecule has 4 nitrogen and oxygen atoms in total. The first-order valence-corrected chi connectivity index (χ1v) is 8.39. The van der Waals surface area contributed by atoms with E-state index in [2.05, 4.69) is 20.8 Å². The SMILES string of the molecule is CC(C)(C)C1CCC(CN)C(N2C(=O)CCCCC2=O)C1. The number of nitrogens with two attached hydrogens (primary N) is 1. The van der Waals surface area contributed by atoms with Crippen molar-refractivity contribution < 1.29 is 9.59 Å². The quantitative estimate of drug-likeness (QED) is 0.796. The summed E-state index contributed by atoms with van der Waals surface area (Å²) in [4.78, 5) is 26.4. The van der Waals surface area contributed by atoms with Crippen LogP contribution < -0.4 is 5.73 Å². The topological polar surface area (TPSA) is 63.4 Å². The van der Waals surface area contributed by atoms with Crippen LogP contribution in [0.5, 0.6) is 0 Å². The predicted octanol–water partition coefficient (Wildman–Crippen LogP) is 2.71. The van der Waals surface area contributed by atoms with E-state index < -0.39 is 0 Å². The molecule has 1 heterocycles. The van der Waals surface area contributed by atoms with Gasteiger partial charge in [-0.05, 0) is 55.9 Å². The molecule has 1 aliphatic heterocycles. The van der Waals surface area contributed by atoms with Gasteiger partial charge in [0, 0.05) is 18.9 Å². The highest BCUT2D eigenvalue weighted by atomic mass is 16.2. The molecule has 0 bridgehead atoms. The van der Waals surface area contributed by atoms with E-state index >= 15 is 0 Å². The third kappa shape index (κ3) is 3.65.